The highest BCUT2D eigenvalue weighted by molar-refractivity contribution is 5.74. The van der Waals surface area contributed by atoms with Crippen LogP contribution in [0.3, 0.4) is 0 Å². The van der Waals surface area contributed by atoms with E-state index < -0.39 is 24.1 Å². The first-order chi connectivity index (χ1) is 8.97. The second-order valence-electron chi connectivity index (χ2n) is 3.46. The zero-order valence-corrected chi connectivity index (χ0v) is 10.0. The molecule has 0 fully saturated rings. The van der Waals surface area contributed by atoms with Gasteiger partial charge in [-0.15, -0.1) is 0 Å². The minimum absolute atomic E-state index is 0.0263. The monoisotopic (exact) mass is 271 g/mol. The molecule has 1 aromatic carbocycles. The molecule has 5 nitrogen and oxygen atoms in total. The molecule has 1 aromatic rings. The van der Waals surface area contributed by atoms with Gasteiger partial charge in [0.1, 0.15) is 0 Å². The van der Waals surface area contributed by atoms with Crippen molar-refractivity contribution < 1.29 is 28.2 Å². The number of carbonyl (C=O) groups excluding carboxylic acids is 1. The third-order valence-electron chi connectivity index (χ3n) is 2.12. The van der Waals surface area contributed by atoms with Crippen molar-refractivity contribution in [2.24, 2.45) is 0 Å². The zero-order valence-electron chi connectivity index (χ0n) is 10.0. The molecule has 0 saturated heterocycles. The van der Waals surface area contributed by atoms with Crippen LogP contribution in [0.25, 0.3) is 0 Å². The summed E-state index contributed by atoms with van der Waals surface area (Å²) in [5.41, 5.74) is -0.00582. The fraction of sp³-hybridized carbons (Fsp3) is 0.333. The molecule has 0 aromatic heterocycles. The number of halogens is 2. The summed E-state index contributed by atoms with van der Waals surface area (Å²) in [5, 5.41) is 18.3. The van der Waals surface area contributed by atoms with E-state index in [0.717, 1.165) is 6.07 Å². The molecular formula is C12H11F2NO4. The van der Waals surface area contributed by atoms with Gasteiger partial charge in [-0.1, -0.05) is 0 Å². The van der Waals surface area contributed by atoms with Gasteiger partial charge in [0.25, 0.3) is 0 Å². The Kier molecular flexibility index (Phi) is 5.06. The minimum Gasteiger partial charge on any atom is -0.504 e. The van der Waals surface area contributed by atoms with Crippen molar-refractivity contribution in [2.45, 2.75) is 20.0 Å². The first-order valence-corrected chi connectivity index (χ1v) is 5.34. The average Bonchev–Trinajstić information content (AvgIpc) is 2.33. The van der Waals surface area contributed by atoms with Crippen molar-refractivity contribution in [1.82, 2.24) is 0 Å². The van der Waals surface area contributed by atoms with E-state index in [-0.39, 0.29) is 24.2 Å². The lowest BCUT2D eigenvalue weighted by Crippen LogP contribution is -2.11. The molecule has 0 heterocycles. The summed E-state index contributed by atoms with van der Waals surface area (Å²) in [4.78, 5) is 11.3. The highest BCUT2D eigenvalue weighted by Gasteiger charge is 2.18. The Hall–Kier alpha value is -2.36. The molecule has 0 saturated carbocycles. The van der Waals surface area contributed by atoms with Crippen LogP contribution in [0.4, 0.5) is 8.78 Å². The normalized spacial score (nSPS) is 10.1. The molecule has 1 N–H and O–H groups in total. The number of ether oxygens (including phenoxy) is 2. The molecule has 0 unspecified atom stereocenters. The summed E-state index contributed by atoms with van der Waals surface area (Å²) >= 11 is 0. The van der Waals surface area contributed by atoms with Gasteiger partial charge in [0.2, 0.25) is 0 Å². The molecule has 19 heavy (non-hydrogen) atoms. The third-order valence-corrected chi connectivity index (χ3v) is 2.12. The van der Waals surface area contributed by atoms with Gasteiger partial charge in [0, 0.05) is 11.6 Å². The molecular weight excluding hydrogens is 260 g/mol. The molecule has 0 bridgehead atoms. The summed E-state index contributed by atoms with van der Waals surface area (Å²) in [6.45, 7) is -1.43. The molecule has 0 amide bonds. The van der Waals surface area contributed by atoms with E-state index in [9.17, 15) is 18.7 Å². The van der Waals surface area contributed by atoms with E-state index >= 15 is 0 Å². The number of nitrogens with zero attached hydrogens (tertiary/aromatic N) is 1. The number of nitriles is 1. The first kappa shape index (κ1) is 14.7. The molecule has 0 atom stereocenters. The fourth-order valence-corrected chi connectivity index (χ4v) is 1.46. The predicted octanol–water partition coefficient (Wildman–Crippen LogP) is 1.97. The lowest BCUT2D eigenvalue weighted by atomic mass is 10.1. The Morgan fingerprint density at radius 2 is 2.21 bits per heavy atom. The van der Waals surface area contributed by atoms with Gasteiger partial charge in [-0.25, -0.2) is 0 Å². The Balaban J connectivity index is 3.13. The maximum atomic E-state index is 12.2. The standard InChI is InChI=1S/C12H11F2NO4/c1-2-18-10(17)5-8-3-7(6-15)4-9(16)11(8)19-12(13)14/h3-4,12,16H,2,5H2,1H3. The van der Waals surface area contributed by atoms with Crippen LogP contribution in [-0.2, 0) is 16.0 Å². The topological polar surface area (TPSA) is 79.6 Å². The Morgan fingerprint density at radius 1 is 1.53 bits per heavy atom. The average molecular weight is 271 g/mol. The molecule has 0 radical (unpaired) electrons. The van der Waals surface area contributed by atoms with Crippen molar-refractivity contribution in [3.63, 3.8) is 0 Å². The van der Waals surface area contributed by atoms with E-state index in [0.29, 0.717) is 0 Å². The minimum atomic E-state index is -3.15. The summed E-state index contributed by atoms with van der Waals surface area (Å²) in [5.74, 6) is -1.82. The third kappa shape index (κ3) is 4.10. The molecule has 1 rings (SSSR count). The second kappa shape index (κ2) is 6.54. The van der Waals surface area contributed by atoms with Crippen LogP contribution in [0, 0.1) is 11.3 Å². The molecule has 0 spiro atoms. The van der Waals surface area contributed by atoms with Crippen LogP contribution in [0.5, 0.6) is 11.5 Å². The van der Waals surface area contributed by atoms with Gasteiger partial charge in [-0.3, -0.25) is 4.79 Å². The SMILES string of the molecule is CCOC(=O)Cc1cc(C#N)cc(O)c1OC(F)F. The quantitative estimate of drug-likeness (QED) is 0.828. The number of hydrogen-bond acceptors (Lipinski definition) is 5. The van der Waals surface area contributed by atoms with Gasteiger partial charge in [0.15, 0.2) is 11.5 Å². The fourth-order valence-electron chi connectivity index (χ4n) is 1.46. The van der Waals surface area contributed by atoms with Gasteiger partial charge in [-0.05, 0) is 13.0 Å². The Labute approximate surface area is 108 Å². The molecule has 0 aliphatic rings. The van der Waals surface area contributed by atoms with Crippen LogP contribution in [-0.4, -0.2) is 24.3 Å². The van der Waals surface area contributed by atoms with E-state index in [1.807, 2.05) is 0 Å². The van der Waals surface area contributed by atoms with E-state index in [1.54, 1.807) is 13.0 Å². The number of aromatic hydroxyl groups is 1. The highest BCUT2D eigenvalue weighted by atomic mass is 19.3. The molecule has 7 heteroatoms. The van der Waals surface area contributed by atoms with Crippen LogP contribution >= 0.6 is 0 Å². The number of benzene rings is 1. The number of rotatable bonds is 5. The van der Waals surface area contributed by atoms with Gasteiger partial charge in [0.05, 0.1) is 24.7 Å². The molecule has 0 aliphatic heterocycles. The molecule has 0 aliphatic carbocycles. The maximum absolute atomic E-state index is 12.2. The number of alkyl halides is 2. The van der Waals surface area contributed by atoms with Crippen LogP contribution < -0.4 is 4.74 Å². The largest absolute Gasteiger partial charge is 0.504 e. The summed E-state index contributed by atoms with van der Waals surface area (Å²) < 4.78 is 33.3. The van der Waals surface area contributed by atoms with Gasteiger partial charge < -0.3 is 14.6 Å². The van der Waals surface area contributed by atoms with Crippen LogP contribution in [0.15, 0.2) is 12.1 Å². The zero-order chi connectivity index (χ0) is 14.4. The van der Waals surface area contributed by atoms with Crippen molar-refractivity contribution >= 4 is 5.97 Å². The van der Waals surface area contributed by atoms with Gasteiger partial charge in [-0.2, -0.15) is 14.0 Å². The van der Waals surface area contributed by atoms with Crippen molar-refractivity contribution in [3.8, 4) is 17.6 Å². The van der Waals surface area contributed by atoms with Crippen molar-refractivity contribution in [1.29, 1.82) is 5.26 Å². The maximum Gasteiger partial charge on any atom is 0.387 e. The Bertz CT molecular complexity index is 511. The smallest absolute Gasteiger partial charge is 0.387 e. The highest BCUT2D eigenvalue weighted by Crippen LogP contribution is 2.33. The number of phenols is 1. The van der Waals surface area contributed by atoms with E-state index in [2.05, 4.69) is 9.47 Å². The predicted molar refractivity (Wildman–Crippen MR) is 59.8 cm³/mol. The lowest BCUT2D eigenvalue weighted by Gasteiger charge is -2.12. The summed E-state index contributed by atoms with van der Waals surface area (Å²) in [6.07, 6.45) is -0.376. The van der Waals surface area contributed by atoms with E-state index in [4.69, 9.17) is 5.26 Å². The van der Waals surface area contributed by atoms with Crippen molar-refractivity contribution in [3.05, 3.63) is 23.3 Å². The first-order valence-electron chi connectivity index (χ1n) is 5.34. The van der Waals surface area contributed by atoms with Crippen molar-refractivity contribution in [2.75, 3.05) is 6.61 Å². The summed E-state index contributed by atoms with van der Waals surface area (Å²) in [7, 11) is 0. The number of carbonyl (C=O) groups is 1. The van der Waals surface area contributed by atoms with Crippen LogP contribution in [0.2, 0.25) is 0 Å². The molecule has 102 valence electrons. The van der Waals surface area contributed by atoms with Crippen LogP contribution in [0.1, 0.15) is 18.1 Å². The van der Waals surface area contributed by atoms with E-state index in [1.165, 1.54) is 6.07 Å². The second-order valence-corrected chi connectivity index (χ2v) is 3.46. The summed E-state index contributed by atoms with van der Waals surface area (Å²) in [6, 6.07) is 3.91. The lowest BCUT2D eigenvalue weighted by molar-refractivity contribution is -0.142. The number of phenolic OH excluding ortho intramolecular Hbond substituents is 1. The Morgan fingerprint density at radius 3 is 2.74 bits per heavy atom. The van der Waals surface area contributed by atoms with Gasteiger partial charge >= 0.3 is 12.6 Å². The number of hydrogen-bond donors (Lipinski definition) is 1. The number of esters is 1.